The first-order valence-electron chi connectivity index (χ1n) is 5.25. The van der Waals surface area contributed by atoms with E-state index in [1.165, 1.54) is 47.0 Å². The molecule has 19 heavy (non-hydrogen) atoms. The van der Waals surface area contributed by atoms with Crippen molar-refractivity contribution in [2.24, 2.45) is 0 Å². The topological polar surface area (TPSA) is 66.2 Å². The molecule has 0 atom stereocenters. The first-order chi connectivity index (χ1) is 9.10. The second-order valence-electron chi connectivity index (χ2n) is 3.56. The number of aromatic nitrogens is 2. The van der Waals surface area contributed by atoms with Crippen molar-refractivity contribution in [2.45, 2.75) is 14.4 Å². The standard InChI is InChI=1S/C10H10BFN2O2S3/c1-17-9-13-14-10(19-9)18-5-6-2-3-8(12)7(4-6)11(15)16/h2-4,15-16H,5H2,1H3. The third-order valence-corrected chi connectivity index (χ3v) is 5.37. The molecule has 2 rings (SSSR count). The Morgan fingerprint density at radius 1 is 1.32 bits per heavy atom. The van der Waals surface area contributed by atoms with Crippen LogP contribution in [0.2, 0.25) is 0 Å². The summed E-state index contributed by atoms with van der Waals surface area (Å²) in [6, 6.07) is 4.30. The van der Waals surface area contributed by atoms with Crippen LogP contribution in [0.5, 0.6) is 0 Å². The smallest absolute Gasteiger partial charge is 0.423 e. The van der Waals surface area contributed by atoms with Crippen LogP contribution in [-0.4, -0.2) is 33.6 Å². The Hall–Kier alpha value is -0.605. The van der Waals surface area contributed by atoms with Crippen LogP contribution in [0, 0.1) is 5.82 Å². The Bertz CT molecular complexity index is 567. The van der Waals surface area contributed by atoms with E-state index in [2.05, 4.69) is 10.2 Å². The highest BCUT2D eigenvalue weighted by Crippen LogP contribution is 2.29. The third-order valence-electron chi connectivity index (χ3n) is 2.26. The van der Waals surface area contributed by atoms with Crippen LogP contribution in [0.1, 0.15) is 5.56 Å². The lowest BCUT2D eigenvalue weighted by atomic mass is 9.79. The van der Waals surface area contributed by atoms with Gasteiger partial charge in [0.1, 0.15) is 5.82 Å². The maximum Gasteiger partial charge on any atom is 0.491 e. The summed E-state index contributed by atoms with van der Waals surface area (Å²) < 4.78 is 15.0. The van der Waals surface area contributed by atoms with Crippen molar-refractivity contribution in [1.82, 2.24) is 10.2 Å². The van der Waals surface area contributed by atoms with Crippen LogP contribution >= 0.6 is 34.9 Å². The molecule has 1 aromatic carbocycles. The van der Waals surface area contributed by atoms with Crippen LogP contribution < -0.4 is 5.46 Å². The zero-order chi connectivity index (χ0) is 13.8. The Labute approximate surface area is 122 Å². The van der Waals surface area contributed by atoms with E-state index in [0.29, 0.717) is 5.75 Å². The van der Waals surface area contributed by atoms with E-state index < -0.39 is 12.9 Å². The van der Waals surface area contributed by atoms with E-state index >= 15 is 0 Å². The molecule has 1 heterocycles. The summed E-state index contributed by atoms with van der Waals surface area (Å²) in [4.78, 5) is 0. The van der Waals surface area contributed by atoms with Crippen molar-refractivity contribution in [1.29, 1.82) is 0 Å². The van der Waals surface area contributed by atoms with Gasteiger partial charge in [0, 0.05) is 11.2 Å². The van der Waals surface area contributed by atoms with Crippen molar-refractivity contribution >= 4 is 47.4 Å². The molecule has 0 aliphatic carbocycles. The summed E-state index contributed by atoms with van der Waals surface area (Å²) >= 11 is 4.51. The van der Waals surface area contributed by atoms with Gasteiger partial charge < -0.3 is 10.0 Å². The van der Waals surface area contributed by atoms with Gasteiger partial charge in [-0.1, -0.05) is 47.0 Å². The van der Waals surface area contributed by atoms with E-state index in [-0.39, 0.29) is 5.46 Å². The van der Waals surface area contributed by atoms with Gasteiger partial charge in [-0.05, 0) is 17.9 Å². The summed E-state index contributed by atoms with van der Waals surface area (Å²) in [5, 5.41) is 26.1. The lowest BCUT2D eigenvalue weighted by Crippen LogP contribution is -2.32. The fourth-order valence-corrected chi connectivity index (χ4v) is 3.75. The lowest BCUT2D eigenvalue weighted by molar-refractivity contribution is 0.423. The molecule has 4 nitrogen and oxygen atoms in total. The SMILES string of the molecule is CSc1nnc(SCc2ccc(F)c(B(O)O)c2)s1. The maximum absolute atomic E-state index is 13.3. The van der Waals surface area contributed by atoms with E-state index in [4.69, 9.17) is 10.0 Å². The van der Waals surface area contributed by atoms with Crippen LogP contribution in [0.4, 0.5) is 4.39 Å². The van der Waals surface area contributed by atoms with Gasteiger partial charge >= 0.3 is 7.12 Å². The van der Waals surface area contributed by atoms with Gasteiger partial charge in [-0.3, -0.25) is 0 Å². The number of nitrogens with zero attached hydrogens (tertiary/aromatic N) is 2. The van der Waals surface area contributed by atoms with Gasteiger partial charge in [0.05, 0.1) is 0 Å². The van der Waals surface area contributed by atoms with Gasteiger partial charge in [-0.25, -0.2) is 4.39 Å². The van der Waals surface area contributed by atoms with Crippen molar-refractivity contribution in [3.05, 3.63) is 29.6 Å². The predicted octanol–water partition coefficient (Wildman–Crippen LogP) is 1.37. The van der Waals surface area contributed by atoms with Gasteiger partial charge in [-0.15, -0.1) is 10.2 Å². The summed E-state index contributed by atoms with van der Waals surface area (Å²) in [6.45, 7) is 0. The van der Waals surface area contributed by atoms with Gasteiger partial charge in [0.15, 0.2) is 8.68 Å². The van der Waals surface area contributed by atoms with E-state index in [9.17, 15) is 4.39 Å². The summed E-state index contributed by atoms with van der Waals surface area (Å²) in [5.74, 6) is -0.0486. The second-order valence-corrected chi connectivity index (χ2v) is 6.81. The van der Waals surface area contributed by atoms with Crippen molar-refractivity contribution in [2.75, 3.05) is 6.26 Å². The molecular formula is C10H10BFN2O2S3. The predicted molar refractivity (Wildman–Crippen MR) is 77.5 cm³/mol. The number of halogens is 1. The third kappa shape index (κ3) is 3.93. The number of benzene rings is 1. The number of thioether (sulfide) groups is 2. The van der Waals surface area contributed by atoms with Crippen LogP contribution in [-0.2, 0) is 5.75 Å². The van der Waals surface area contributed by atoms with E-state index in [0.717, 1.165) is 14.2 Å². The highest BCUT2D eigenvalue weighted by atomic mass is 32.2. The second kappa shape index (κ2) is 6.71. The molecule has 0 aliphatic heterocycles. The van der Waals surface area contributed by atoms with Gasteiger partial charge in [-0.2, -0.15) is 0 Å². The first kappa shape index (κ1) is 14.8. The molecular weight excluding hydrogens is 306 g/mol. The number of rotatable bonds is 5. The van der Waals surface area contributed by atoms with Crippen LogP contribution in [0.15, 0.2) is 26.9 Å². The lowest BCUT2D eigenvalue weighted by Gasteiger charge is -2.04. The Balaban J connectivity index is 2.05. The van der Waals surface area contributed by atoms with Gasteiger partial charge in [0.25, 0.3) is 0 Å². The molecule has 0 saturated carbocycles. The first-order valence-corrected chi connectivity index (χ1v) is 8.27. The zero-order valence-corrected chi connectivity index (χ0v) is 12.4. The Morgan fingerprint density at radius 3 is 2.68 bits per heavy atom. The fraction of sp³-hybridized carbons (Fsp3) is 0.200. The number of hydrogen-bond acceptors (Lipinski definition) is 7. The molecule has 100 valence electrons. The maximum atomic E-state index is 13.3. The highest BCUT2D eigenvalue weighted by molar-refractivity contribution is 8.02. The monoisotopic (exact) mass is 316 g/mol. The van der Waals surface area contributed by atoms with Crippen LogP contribution in [0.3, 0.4) is 0 Å². The molecule has 0 radical (unpaired) electrons. The largest absolute Gasteiger partial charge is 0.491 e. The molecule has 0 spiro atoms. The van der Waals surface area contributed by atoms with E-state index in [1.54, 1.807) is 6.07 Å². The normalized spacial score (nSPS) is 10.7. The molecule has 0 fully saturated rings. The highest BCUT2D eigenvalue weighted by Gasteiger charge is 2.17. The Kier molecular flexibility index (Phi) is 5.23. The number of hydrogen-bond donors (Lipinski definition) is 2. The summed E-state index contributed by atoms with van der Waals surface area (Å²) in [5.41, 5.74) is 0.690. The average molecular weight is 316 g/mol. The fourth-order valence-electron chi connectivity index (χ4n) is 1.36. The van der Waals surface area contributed by atoms with Crippen molar-refractivity contribution in [3.8, 4) is 0 Å². The average Bonchev–Trinajstić information content (AvgIpc) is 2.85. The minimum Gasteiger partial charge on any atom is -0.423 e. The van der Waals surface area contributed by atoms with Crippen molar-refractivity contribution in [3.63, 3.8) is 0 Å². The molecule has 9 heteroatoms. The summed E-state index contributed by atoms with van der Waals surface area (Å²) in [7, 11) is -1.80. The van der Waals surface area contributed by atoms with Crippen molar-refractivity contribution < 1.29 is 14.4 Å². The molecule has 0 saturated heterocycles. The molecule has 2 aromatic rings. The molecule has 0 bridgehead atoms. The molecule has 0 amide bonds. The summed E-state index contributed by atoms with van der Waals surface area (Å²) in [6.07, 6.45) is 1.93. The molecule has 0 unspecified atom stereocenters. The Morgan fingerprint density at radius 2 is 2.05 bits per heavy atom. The zero-order valence-electron chi connectivity index (χ0n) is 9.91. The van der Waals surface area contributed by atoms with Gasteiger partial charge in [0.2, 0.25) is 0 Å². The minimum atomic E-state index is -1.80. The minimum absolute atomic E-state index is 0.111. The molecule has 0 aliphatic rings. The van der Waals surface area contributed by atoms with E-state index in [1.807, 2.05) is 6.26 Å². The van der Waals surface area contributed by atoms with Crippen LogP contribution in [0.25, 0.3) is 0 Å². The molecule has 1 aromatic heterocycles. The quantitative estimate of drug-likeness (QED) is 0.642. The molecule has 2 N–H and O–H groups in total.